The summed E-state index contributed by atoms with van der Waals surface area (Å²) >= 11 is 0. The van der Waals surface area contributed by atoms with Crippen LogP contribution in [0, 0.1) is 11.8 Å². The molecule has 0 aliphatic carbocycles. The number of ether oxygens (including phenoxy) is 6. The molecule has 100 heavy (non-hydrogen) atoms. The lowest BCUT2D eigenvalue weighted by atomic mass is 9.91. The molecule has 0 saturated carbocycles. The molecule has 0 amide bonds. The zero-order valence-electron chi connectivity index (χ0n) is 67.1. The second kappa shape index (κ2) is 38.6. The Labute approximate surface area is 613 Å². The van der Waals surface area contributed by atoms with Crippen LogP contribution in [0.3, 0.4) is 0 Å². The van der Waals surface area contributed by atoms with Gasteiger partial charge in [-0.15, -0.1) is 0 Å². The molecule has 0 radical (unpaired) electrons. The number of rotatable bonds is 14. The SMILES string of the molecule is C=C1C[C@H](C)C[C@@H]2CC=C[C@@H](C/C=C\C(=O)O[C@H]([C@@H](/C=C/[C@@H]3CC(C)=CCO3)O[Si](C)(C)C(C)(C)C)C/C=C/[C@@H](O[Si](C)(C)C(C)(C)C)C1)O2.C=C1C[C@H](C)C[C@@H]2CC=C[C@@H](C/C=C\C(=O)O[C@H]([C@@H](/C=C/[C@@H]3CC(C)=CCO3)O[Si](C)(C)C(C)(C)C)C/C=C/[C@H](O[Si](C)(C)C(C)(C)C)C1)O2. The summed E-state index contributed by atoms with van der Waals surface area (Å²) in [6.07, 6.45) is 45.8. The molecular weight excluding hydrogens is 1310 g/mol. The lowest BCUT2D eigenvalue weighted by Crippen LogP contribution is -2.47. The van der Waals surface area contributed by atoms with Gasteiger partial charge in [-0.3, -0.25) is 0 Å². The summed E-state index contributed by atoms with van der Waals surface area (Å²) in [6.45, 7) is 64.4. The van der Waals surface area contributed by atoms with E-state index in [0.717, 1.165) is 64.2 Å². The summed E-state index contributed by atoms with van der Waals surface area (Å²) in [5, 5.41) is 0.0752. The number of carbonyl (C=O) groups is 2. The topological polar surface area (TPSA) is 126 Å². The summed E-state index contributed by atoms with van der Waals surface area (Å²) in [7, 11) is -8.73. The third kappa shape index (κ3) is 29.7. The molecule has 12 nitrogen and oxygen atoms in total. The van der Waals surface area contributed by atoms with Crippen LogP contribution in [-0.4, -0.2) is 132 Å². The normalized spacial score (nSPS) is 30.6. The highest BCUT2D eigenvalue weighted by Crippen LogP contribution is 2.43. The minimum atomic E-state index is -2.27. The first-order valence-electron chi connectivity index (χ1n) is 38.0. The van der Waals surface area contributed by atoms with Crippen LogP contribution < -0.4 is 0 Å². The van der Waals surface area contributed by atoms with Gasteiger partial charge < -0.3 is 46.1 Å². The van der Waals surface area contributed by atoms with Crippen LogP contribution in [0.1, 0.15) is 201 Å². The predicted octanol–water partition coefficient (Wildman–Crippen LogP) is 21.9. The van der Waals surface area contributed by atoms with E-state index in [0.29, 0.717) is 50.7 Å². The van der Waals surface area contributed by atoms with Gasteiger partial charge in [0.1, 0.15) is 24.4 Å². The number of esters is 2. The average molecular weight is 1450 g/mol. The van der Waals surface area contributed by atoms with Gasteiger partial charge in [0.25, 0.3) is 0 Å². The summed E-state index contributed by atoms with van der Waals surface area (Å²) in [5.74, 6) is 0.139. The molecule has 564 valence electrons. The Hall–Kier alpha value is -3.63. The van der Waals surface area contributed by atoms with Crippen LogP contribution in [0.5, 0.6) is 0 Å². The molecule has 0 fully saturated rings. The van der Waals surface area contributed by atoms with Crippen LogP contribution in [0.25, 0.3) is 0 Å². The lowest BCUT2D eigenvalue weighted by Gasteiger charge is -2.40. The minimum Gasteiger partial charge on any atom is -0.456 e. The van der Waals surface area contributed by atoms with E-state index in [-0.39, 0.29) is 80.9 Å². The Bertz CT molecular complexity index is 2750. The van der Waals surface area contributed by atoms with E-state index in [9.17, 15) is 9.59 Å². The summed E-state index contributed by atoms with van der Waals surface area (Å²) in [4.78, 5) is 27.0. The molecule has 0 spiro atoms. The molecule has 0 aromatic heterocycles. The summed E-state index contributed by atoms with van der Waals surface area (Å²) in [6, 6.07) is 0. The van der Waals surface area contributed by atoms with Gasteiger partial charge in [0.2, 0.25) is 0 Å². The van der Waals surface area contributed by atoms with Crippen LogP contribution in [0.2, 0.25) is 72.5 Å². The maximum atomic E-state index is 13.5. The summed E-state index contributed by atoms with van der Waals surface area (Å²) < 4.78 is 65.8. The van der Waals surface area contributed by atoms with E-state index in [1.54, 1.807) is 12.2 Å². The molecule has 4 bridgehead atoms. The van der Waals surface area contributed by atoms with Gasteiger partial charge in [-0.1, -0.05) is 230 Å². The second-order valence-corrected chi connectivity index (χ2v) is 55.0. The number of cyclic esters (lactones) is 2. The Morgan fingerprint density at radius 1 is 0.460 bits per heavy atom. The molecule has 14 atom stereocenters. The third-order valence-corrected chi connectivity index (χ3v) is 40.3. The molecule has 6 aliphatic rings. The van der Waals surface area contributed by atoms with Crippen LogP contribution >= 0.6 is 0 Å². The number of hydrogen-bond donors (Lipinski definition) is 0. The van der Waals surface area contributed by atoms with Crippen LogP contribution in [0.15, 0.2) is 145 Å². The largest absolute Gasteiger partial charge is 0.456 e. The maximum absolute atomic E-state index is 13.5. The fourth-order valence-corrected chi connectivity index (χ4v) is 17.3. The molecular formula is C84H140O12Si4. The van der Waals surface area contributed by atoms with Gasteiger partial charge >= 0.3 is 11.9 Å². The zero-order chi connectivity index (χ0) is 74.7. The smallest absolute Gasteiger partial charge is 0.330 e. The van der Waals surface area contributed by atoms with E-state index >= 15 is 0 Å². The van der Waals surface area contributed by atoms with Gasteiger partial charge in [-0.05, 0) is 175 Å². The molecule has 0 N–H and O–H groups in total. The molecule has 0 aromatic carbocycles. The van der Waals surface area contributed by atoms with Crippen LogP contribution in [-0.2, 0) is 55.7 Å². The Morgan fingerprint density at radius 2 is 0.800 bits per heavy atom. The zero-order valence-corrected chi connectivity index (χ0v) is 71.1. The number of carbonyl (C=O) groups excluding carboxylic acids is 2. The van der Waals surface area contributed by atoms with Gasteiger partial charge in [-0.2, -0.15) is 0 Å². The first kappa shape index (κ1) is 87.0. The van der Waals surface area contributed by atoms with Gasteiger partial charge in [0.15, 0.2) is 33.3 Å². The predicted molar refractivity (Wildman–Crippen MR) is 427 cm³/mol. The molecule has 6 aliphatic heterocycles. The second-order valence-electron chi connectivity index (χ2n) is 36.0. The van der Waals surface area contributed by atoms with Crippen molar-refractivity contribution in [3.05, 3.63) is 145 Å². The van der Waals surface area contributed by atoms with E-state index in [2.05, 4.69) is 261 Å². The molecule has 0 unspecified atom stereocenters. The number of hydrogen-bond acceptors (Lipinski definition) is 12. The lowest BCUT2D eigenvalue weighted by molar-refractivity contribution is -0.147. The first-order valence-corrected chi connectivity index (χ1v) is 49.6. The van der Waals surface area contributed by atoms with Crippen molar-refractivity contribution in [3.63, 3.8) is 0 Å². The van der Waals surface area contributed by atoms with Crippen molar-refractivity contribution in [2.75, 3.05) is 13.2 Å². The van der Waals surface area contributed by atoms with Crippen molar-refractivity contribution in [2.24, 2.45) is 11.8 Å². The molecule has 0 aromatic rings. The molecule has 0 saturated heterocycles. The standard InChI is InChI=1S/2C42H70O6Si2/c2*1-31-25-26-44-35(28-31)23-24-39(48-50(12,13)42(7,8)9)38-21-15-20-37(47-49(10,11)41(4,5)6)30-33(3)27-32(2)29-36-19-14-17-34(45-36)18-16-22-40(43)46-38/h2*14-17,20,22-25,32,34-39H,3,18-19,21,26-30H2,1-2,4-13H3/b2*20-15+,22-16-,24-23+/t32-,34-,35+,36-,37+,38-,39+;32-,34-,35+,36-,37-,38-,39+/m00/s1. The van der Waals surface area contributed by atoms with Gasteiger partial charge in [0, 0.05) is 25.0 Å². The summed E-state index contributed by atoms with van der Waals surface area (Å²) in [5.41, 5.74) is 5.02. The fourth-order valence-electron chi connectivity index (χ4n) is 12.2. The quantitative estimate of drug-likeness (QED) is 0.0933. The highest BCUT2D eigenvalue weighted by Gasteiger charge is 2.44. The monoisotopic (exact) mass is 1450 g/mol. The van der Waals surface area contributed by atoms with Crippen molar-refractivity contribution < 1.29 is 55.7 Å². The van der Waals surface area contributed by atoms with Gasteiger partial charge in [-0.25, -0.2) is 9.59 Å². The van der Waals surface area contributed by atoms with E-state index in [1.165, 1.54) is 22.3 Å². The van der Waals surface area contributed by atoms with E-state index in [1.807, 2.05) is 12.2 Å². The first-order chi connectivity index (χ1) is 46.3. The van der Waals surface area contributed by atoms with Crippen molar-refractivity contribution in [1.29, 1.82) is 0 Å². The highest BCUT2D eigenvalue weighted by molar-refractivity contribution is 6.75. The Morgan fingerprint density at radius 3 is 1.13 bits per heavy atom. The van der Waals surface area contributed by atoms with Crippen molar-refractivity contribution in [3.8, 4) is 0 Å². The third-order valence-electron chi connectivity index (χ3n) is 22.3. The maximum Gasteiger partial charge on any atom is 0.330 e. The van der Waals surface area contributed by atoms with E-state index < -0.39 is 57.7 Å². The average Bonchev–Trinajstić information content (AvgIpc) is 0.829. The molecule has 16 heteroatoms. The van der Waals surface area contributed by atoms with Gasteiger partial charge in [0.05, 0.1) is 62.0 Å². The van der Waals surface area contributed by atoms with Crippen LogP contribution in [0.4, 0.5) is 0 Å². The van der Waals surface area contributed by atoms with Crippen molar-refractivity contribution in [1.82, 2.24) is 0 Å². The van der Waals surface area contributed by atoms with E-state index in [4.69, 9.17) is 46.1 Å². The Kier molecular flexibility index (Phi) is 33.6. The van der Waals surface area contributed by atoms with Crippen molar-refractivity contribution >= 4 is 45.2 Å². The molecule has 6 rings (SSSR count). The molecule has 6 heterocycles. The Balaban J connectivity index is 0.000000361. The minimum absolute atomic E-state index is 0.0278. The van der Waals surface area contributed by atoms with Crippen molar-refractivity contribution in [2.45, 2.75) is 346 Å². The number of fused-ring (bicyclic) bond motifs is 4. The highest BCUT2D eigenvalue weighted by atomic mass is 28.4. The fraction of sp³-hybridized carbons (Fsp3) is 0.690.